The zero-order chi connectivity index (χ0) is 17.4. The average molecular weight is 337 g/mol. The van der Waals surface area contributed by atoms with E-state index >= 15 is 0 Å². The third-order valence-electron chi connectivity index (χ3n) is 4.01. The molecule has 1 aromatic rings. The van der Waals surface area contributed by atoms with Crippen LogP contribution in [0.5, 0.6) is 5.75 Å². The molecule has 1 saturated heterocycles. The predicted octanol–water partition coefficient (Wildman–Crippen LogP) is 2.38. The van der Waals surface area contributed by atoms with Crippen LogP contribution < -0.4 is 20.9 Å². The maximum absolute atomic E-state index is 12.8. The molecule has 1 aliphatic rings. The Morgan fingerprint density at radius 2 is 2.04 bits per heavy atom. The second-order valence-electron chi connectivity index (χ2n) is 6.70. The van der Waals surface area contributed by atoms with Crippen molar-refractivity contribution in [1.82, 2.24) is 16.2 Å². The molecule has 2 rings (SSSR count). The van der Waals surface area contributed by atoms with E-state index in [2.05, 4.69) is 30.0 Å². The molecule has 5 nitrogen and oxygen atoms in total. The molecule has 6 heteroatoms. The summed E-state index contributed by atoms with van der Waals surface area (Å²) in [6, 6.07) is 6.21. The first kappa shape index (κ1) is 18.7. The minimum atomic E-state index is -0.268. The van der Waals surface area contributed by atoms with Crippen LogP contribution in [-0.2, 0) is 4.79 Å². The third-order valence-corrected chi connectivity index (χ3v) is 4.01. The molecule has 1 heterocycles. The molecule has 134 valence electrons. The lowest BCUT2D eigenvalue weighted by atomic mass is 10.00. The summed E-state index contributed by atoms with van der Waals surface area (Å²) in [7, 11) is 0. The Bertz CT molecular complexity index is 507. The number of amides is 1. The molecule has 1 aromatic carbocycles. The maximum Gasteiger partial charge on any atom is 0.238 e. The van der Waals surface area contributed by atoms with Crippen molar-refractivity contribution in [2.45, 2.75) is 51.6 Å². The molecule has 0 radical (unpaired) electrons. The lowest BCUT2D eigenvalue weighted by Gasteiger charge is -2.12. The lowest BCUT2D eigenvalue weighted by molar-refractivity contribution is -0.122. The second-order valence-corrected chi connectivity index (χ2v) is 6.70. The van der Waals surface area contributed by atoms with Crippen LogP contribution in [0.1, 0.15) is 39.5 Å². The van der Waals surface area contributed by atoms with Crippen molar-refractivity contribution in [3.8, 4) is 5.75 Å². The first-order valence-corrected chi connectivity index (χ1v) is 8.71. The van der Waals surface area contributed by atoms with Gasteiger partial charge < -0.3 is 10.1 Å². The van der Waals surface area contributed by atoms with Gasteiger partial charge >= 0.3 is 0 Å². The van der Waals surface area contributed by atoms with Crippen molar-refractivity contribution in [3.05, 3.63) is 30.1 Å². The Morgan fingerprint density at radius 3 is 2.75 bits per heavy atom. The number of carbonyl (C=O) groups is 1. The highest BCUT2D eigenvalue weighted by Crippen LogP contribution is 2.14. The summed E-state index contributed by atoms with van der Waals surface area (Å²) in [5.74, 6) is 1.06. The smallest absolute Gasteiger partial charge is 0.238 e. The number of carbonyl (C=O) groups excluding carboxylic acids is 1. The van der Waals surface area contributed by atoms with Gasteiger partial charge in [-0.2, -0.15) is 0 Å². The van der Waals surface area contributed by atoms with E-state index in [1.807, 2.05) is 0 Å². The minimum absolute atomic E-state index is 0.0493. The number of unbranched alkanes of at least 4 members (excludes halogenated alkanes) is 1. The Hall–Kier alpha value is -1.66. The van der Waals surface area contributed by atoms with Crippen molar-refractivity contribution >= 4 is 5.91 Å². The summed E-state index contributed by atoms with van der Waals surface area (Å²) in [4.78, 5) is 12.1. The van der Waals surface area contributed by atoms with Crippen LogP contribution in [0.4, 0.5) is 4.39 Å². The first-order valence-electron chi connectivity index (χ1n) is 8.71. The van der Waals surface area contributed by atoms with Crippen molar-refractivity contribution < 1.29 is 13.9 Å². The van der Waals surface area contributed by atoms with E-state index in [-0.39, 0.29) is 17.8 Å². The number of ether oxygens (including phenoxy) is 1. The van der Waals surface area contributed by atoms with E-state index in [0.29, 0.717) is 30.9 Å². The summed E-state index contributed by atoms with van der Waals surface area (Å²) in [5.41, 5.74) is 6.27. The number of halogens is 1. The quantitative estimate of drug-likeness (QED) is 0.606. The van der Waals surface area contributed by atoms with Crippen molar-refractivity contribution in [2.24, 2.45) is 5.92 Å². The average Bonchev–Trinajstić information content (AvgIpc) is 3.00. The van der Waals surface area contributed by atoms with Gasteiger partial charge in [0, 0.05) is 12.6 Å². The molecule has 0 saturated carbocycles. The molecule has 2 atom stereocenters. The van der Waals surface area contributed by atoms with E-state index in [1.54, 1.807) is 12.1 Å². The first-order chi connectivity index (χ1) is 11.5. The second kappa shape index (κ2) is 9.59. The molecule has 1 aliphatic heterocycles. The number of hydrogen-bond acceptors (Lipinski definition) is 4. The van der Waals surface area contributed by atoms with Gasteiger partial charge in [0.25, 0.3) is 0 Å². The Kier molecular flexibility index (Phi) is 7.46. The molecule has 2 unspecified atom stereocenters. The number of hydrazine groups is 1. The van der Waals surface area contributed by atoms with Crippen LogP contribution in [0.2, 0.25) is 0 Å². The van der Waals surface area contributed by atoms with Crippen molar-refractivity contribution in [1.29, 1.82) is 0 Å². The molecular formula is C18H28FN3O2. The summed E-state index contributed by atoms with van der Waals surface area (Å²) < 4.78 is 18.3. The molecule has 0 spiro atoms. The van der Waals surface area contributed by atoms with Gasteiger partial charge in [0.15, 0.2) is 0 Å². The van der Waals surface area contributed by atoms with Gasteiger partial charge in [-0.15, -0.1) is 0 Å². The van der Waals surface area contributed by atoms with Crippen LogP contribution >= 0.6 is 0 Å². The van der Waals surface area contributed by atoms with E-state index in [4.69, 9.17) is 4.74 Å². The molecular weight excluding hydrogens is 309 g/mol. The van der Waals surface area contributed by atoms with E-state index in [9.17, 15) is 9.18 Å². The maximum atomic E-state index is 12.8. The number of nitrogens with one attached hydrogen (secondary N) is 3. The molecule has 24 heavy (non-hydrogen) atoms. The van der Waals surface area contributed by atoms with Crippen LogP contribution in [0, 0.1) is 11.7 Å². The number of hydrogen-bond donors (Lipinski definition) is 3. The number of rotatable bonds is 9. The topological polar surface area (TPSA) is 62.4 Å². The van der Waals surface area contributed by atoms with Crippen molar-refractivity contribution in [2.75, 3.05) is 13.2 Å². The van der Waals surface area contributed by atoms with Crippen LogP contribution in [0.3, 0.4) is 0 Å². The zero-order valence-electron chi connectivity index (χ0n) is 14.5. The normalized spacial score (nSPS) is 20.3. The lowest BCUT2D eigenvalue weighted by Crippen LogP contribution is -2.43. The predicted molar refractivity (Wildman–Crippen MR) is 92.1 cm³/mol. The van der Waals surface area contributed by atoms with Gasteiger partial charge in [0.2, 0.25) is 5.91 Å². The third kappa shape index (κ3) is 6.45. The SMILES string of the molecule is CC(C)CC1CC(C(=O)NCCCCOc2ccc(F)cc2)NN1. The number of benzene rings is 1. The van der Waals surface area contributed by atoms with E-state index < -0.39 is 0 Å². The summed E-state index contributed by atoms with van der Waals surface area (Å²) in [6.45, 7) is 5.56. The fourth-order valence-electron chi connectivity index (χ4n) is 2.80. The molecule has 0 aliphatic carbocycles. The molecule has 1 amide bonds. The Morgan fingerprint density at radius 1 is 1.29 bits per heavy atom. The highest BCUT2D eigenvalue weighted by molar-refractivity contribution is 5.81. The molecule has 3 N–H and O–H groups in total. The van der Waals surface area contributed by atoms with Crippen LogP contribution in [-0.4, -0.2) is 31.1 Å². The Balaban J connectivity index is 1.53. The van der Waals surface area contributed by atoms with Crippen molar-refractivity contribution in [3.63, 3.8) is 0 Å². The van der Waals surface area contributed by atoms with Gasteiger partial charge in [-0.1, -0.05) is 13.8 Å². The fourth-order valence-corrected chi connectivity index (χ4v) is 2.80. The van der Waals surface area contributed by atoms with Gasteiger partial charge in [-0.3, -0.25) is 10.2 Å². The standard InChI is InChI=1S/C18H28FN3O2/c1-13(2)11-15-12-17(22-21-15)18(23)20-9-3-4-10-24-16-7-5-14(19)6-8-16/h5-8,13,15,17,21-22H,3-4,9-12H2,1-2H3,(H,20,23). The van der Waals surface area contributed by atoms with Gasteiger partial charge in [0.1, 0.15) is 17.6 Å². The molecule has 1 fully saturated rings. The van der Waals surface area contributed by atoms with Crippen LogP contribution in [0.15, 0.2) is 24.3 Å². The van der Waals surface area contributed by atoms with E-state index in [1.165, 1.54) is 12.1 Å². The summed E-state index contributed by atoms with van der Waals surface area (Å²) in [5, 5.41) is 2.96. The minimum Gasteiger partial charge on any atom is -0.494 e. The van der Waals surface area contributed by atoms with Gasteiger partial charge in [-0.25, -0.2) is 9.82 Å². The highest BCUT2D eigenvalue weighted by atomic mass is 19.1. The highest BCUT2D eigenvalue weighted by Gasteiger charge is 2.28. The largest absolute Gasteiger partial charge is 0.494 e. The van der Waals surface area contributed by atoms with Gasteiger partial charge in [-0.05, 0) is 55.9 Å². The zero-order valence-corrected chi connectivity index (χ0v) is 14.5. The summed E-state index contributed by atoms with van der Waals surface area (Å²) >= 11 is 0. The fraction of sp³-hybridized carbons (Fsp3) is 0.611. The van der Waals surface area contributed by atoms with E-state index in [0.717, 1.165) is 25.7 Å². The Labute approximate surface area is 143 Å². The molecule has 0 aromatic heterocycles. The molecule has 0 bridgehead atoms. The van der Waals surface area contributed by atoms with Crippen LogP contribution in [0.25, 0.3) is 0 Å². The summed E-state index contributed by atoms with van der Waals surface area (Å²) in [6.07, 6.45) is 3.58. The monoisotopic (exact) mass is 337 g/mol. The van der Waals surface area contributed by atoms with Gasteiger partial charge in [0.05, 0.1) is 6.61 Å².